The first-order valence-corrected chi connectivity index (χ1v) is 6.58. The van der Waals surface area contributed by atoms with E-state index < -0.39 is 0 Å². The summed E-state index contributed by atoms with van der Waals surface area (Å²) in [5.74, 6) is 0. The fourth-order valence-corrected chi connectivity index (χ4v) is 2.25. The maximum Gasteiger partial charge on any atom is 0.0438 e. The van der Waals surface area contributed by atoms with Gasteiger partial charge in [0.2, 0.25) is 0 Å². The Hall–Kier alpha value is -1.02. The lowest BCUT2D eigenvalue weighted by molar-refractivity contribution is 0.721. The maximum atomic E-state index is 6.21. The largest absolute Gasteiger partial charge is 0.324 e. The van der Waals surface area contributed by atoms with Crippen LogP contribution in [0.5, 0.6) is 0 Å². The van der Waals surface area contributed by atoms with E-state index in [1.807, 2.05) is 49.4 Å². The molecule has 2 aromatic rings. The van der Waals surface area contributed by atoms with E-state index in [-0.39, 0.29) is 6.04 Å². The third kappa shape index (κ3) is 3.05. The van der Waals surface area contributed by atoms with E-state index in [0.717, 1.165) is 33.2 Å². The van der Waals surface area contributed by atoms with Crippen LogP contribution in [0.1, 0.15) is 22.7 Å². The highest BCUT2D eigenvalue weighted by Gasteiger charge is 2.10. The first-order valence-electron chi connectivity index (χ1n) is 5.83. The van der Waals surface area contributed by atoms with Gasteiger partial charge in [-0.15, -0.1) is 0 Å². The van der Waals surface area contributed by atoms with Crippen LogP contribution >= 0.6 is 23.2 Å². The summed E-state index contributed by atoms with van der Waals surface area (Å²) in [5, 5.41) is 1.53. The van der Waals surface area contributed by atoms with Crippen LogP contribution in [-0.4, -0.2) is 0 Å². The van der Waals surface area contributed by atoms with Crippen molar-refractivity contribution >= 4 is 23.2 Å². The molecular weight excluding hydrogens is 265 g/mol. The molecule has 0 aliphatic heterocycles. The fourth-order valence-electron chi connectivity index (χ4n) is 1.92. The Morgan fingerprint density at radius 2 is 1.78 bits per heavy atom. The Bertz CT molecular complexity index is 552. The summed E-state index contributed by atoms with van der Waals surface area (Å²) in [6.45, 7) is 1.98. The number of hydrogen-bond acceptors (Lipinski definition) is 1. The molecule has 0 heterocycles. The minimum absolute atomic E-state index is 0.0686. The molecule has 2 aromatic carbocycles. The smallest absolute Gasteiger partial charge is 0.0438 e. The molecule has 0 saturated heterocycles. The Morgan fingerprint density at radius 3 is 2.44 bits per heavy atom. The van der Waals surface area contributed by atoms with Gasteiger partial charge in [-0.1, -0.05) is 53.5 Å². The average molecular weight is 280 g/mol. The molecule has 1 nitrogen and oxygen atoms in total. The van der Waals surface area contributed by atoms with Crippen LogP contribution in [0.15, 0.2) is 42.5 Å². The predicted molar refractivity (Wildman–Crippen MR) is 78.3 cm³/mol. The molecule has 18 heavy (non-hydrogen) atoms. The summed E-state index contributed by atoms with van der Waals surface area (Å²) in [4.78, 5) is 0. The van der Waals surface area contributed by atoms with Crippen LogP contribution in [0.3, 0.4) is 0 Å². The second-order valence-electron chi connectivity index (χ2n) is 4.41. The summed E-state index contributed by atoms with van der Waals surface area (Å²) in [6.07, 6.45) is 0.723. The topological polar surface area (TPSA) is 26.0 Å². The maximum absolute atomic E-state index is 6.21. The summed E-state index contributed by atoms with van der Waals surface area (Å²) in [5.41, 5.74) is 9.41. The van der Waals surface area contributed by atoms with Crippen LogP contribution in [0.4, 0.5) is 0 Å². The third-order valence-electron chi connectivity index (χ3n) is 3.01. The third-order valence-corrected chi connectivity index (χ3v) is 3.80. The number of aryl methyl sites for hydroxylation is 1. The Balaban J connectivity index is 2.19. The van der Waals surface area contributed by atoms with Gasteiger partial charge in [-0.3, -0.25) is 0 Å². The number of halogens is 2. The van der Waals surface area contributed by atoms with E-state index in [4.69, 9.17) is 28.9 Å². The van der Waals surface area contributed by atoms with Gasteiger partial charge in [-0.2, -0.15) is 0 Å². The molecule has 0 saturated carbocycles. The highest BCUT2D eigenvalue weighted by Crippen LogP contribution is 2.24. The molecule has 94 valence electrons. The van der Waals surface area contributed by atoms with Gasteiger partial charge in [0.25, 0.3) is 0 Å². The molecule has 0 bridgehead atoms. The van der Waals surface area contributed by atoms with E-state index >= 15 is 0 Å². The molecular formula is C15H15Cl2N. The number of benzene rings is 2. The summed E-state index contributed by atoms with van der Waals surface area (Å²) < 4.78 is 0. The Labute approximate surface area is 118 Å². The van der Waals surface area contributed by atoms with Crippen molar-refractivity contribution in [1.29, 1.82) is 0 Å². The van der Waals surface area contributed by atoms with Gasteiger partial charge in [0, 0.05) is 16.1 Å². The van der Waals surface area contributed by atoms with Crippen LogP contribution < -0.4 is 5.73 Å². The van der Waals surface area contributed by atoms with Gasteiger partial charge >= 0.3 is 0 Å². The molecule has 3 heteroatoms. The zero-order valence-electron chi connectivity index (χ0n) is 10.2. The van der Waals surface area contributed by atoms with Gasteiger partial charge in [0.05, 0.1) is 0 Å². The van der Waals surface area contributed by atoms with Gasteiger partial charge in [0.15, 0.2) is 0 Å². The number of rotatable bonds is 3. The monoisotopic (exact) mass is 279 g/mol. The molecule has 0 radical (unpaired) electrons. The van der Waals surface area contributed by atoms with Crippen molar-refractivity contribution in [2.75, 3.05) is 0 Å². The van der Waals surface area contributed by atoms with Crippen molar-refractivity contribution in [3.05, 3.63) is 69.2 Å². The Kier molecular flexibility index (Phi) is 4.28. The average Bonchev–Trinajstić information content (AvgIpc) is 2.35. The van der Waals surface area contributed by atoms with E-state index in [1.54, 1.807) is 0 Å². The lowest BCUT2D eigenvalue weighted by Gasteiger charge is -2.14. The first-order chi connectivity index (χ1) is 8.58. The second-order valence-corrected chi connectivity index (χ2v) is 5.23. The lowest BCUT2D eigenvalue weighted by Crippen LogP contribution is -2.13. The molecule has 1 unspecified atom stereocenters. The lowest BCUT2D eigenvalue weighted by atomic mass is 9.98. The van der Waals surface area contributed by atoms with Crippen LogP contribution in [0, 0.1) is 6.92 Å². The fraction of sp³-hybridized carbons (Fsp3) is 0.200. The zero-order valence-corrected chi connectivity index (χ0v) is 11.7. The van der Waals surface area contributed by atoms with Crippen LogP contribution in [-0.2, 0) is 6.42 Å². The van der Waals surface area contributed by atoms with Crippen LogP contribution in [0.25, 0.3) is 0 Å². The highest BCUT2D eigenvalue weighted by atomic mass is 35.5. The molecule has 0 amide bonds. The predicted octanol–water partition coefficient (Wildman–Crippen LogP) is 4.54. The van der Waals surface area contributed by atoms with Gasteiger partial charge < -0.3 is 5.73 Å². The number of nitrogens with two attached hydrogens (primary N) is 1. The normalized spacial score (nSPS) is 12.4. The van der Waals surface area contributed by atoms with Crippen molar-refractivity contribution in [2.45, 2.75) is 19.4 Å². The molecule has 0 aliphatic rings. The first kappa shape index (κ1) is 13.4. The van der Waals surface area contributed by atoms with Gasteiger partial charge in [-0.05, 0) is 42.2 Å². The number of hydrogen-bond donors (Lipinski definition) is 1. The van der Waals surface area contributed by atoms with E-state index in [1.165, 1.54) is 0 Å². The van der Waals surface area contributed by atoms with Crippen molar-refractivity contribution in [1.82, 2.24) is 0 Å². The summed E-state index contributed by atoms with van der Waals surface area (Å²) in [7, 11) is 0. The molecule has 0 aliphatic carbocycles. The van der Waals surface area contributed by atoms with Crippen LogP contribution in [0.2, 0.25) is 10.0 Å². The minimum atomic E-state index is -0.0686. The molecule has 2 N–H and O–H groups in total. The minimum Gasteiger partial charge on any atom is -0.324 e. The molecule has 1 atom stereocenters. The zero-order chi connectivity index (χ0) is 13.1. The summed E-state index contributed by atoms with van der Waals surface area (Å²) in [6, 6.07) is 13.6. The standard InChI is InChI=1S/C15H15Cl2N/c1-10-8-12(6-7-13(10)16)15(18)9-11-4-2-3-5-14(11)17/h2-8,15H,9,18H2,1H3. The van der Waals surface area contributed by atoms with E-state index in [2.05, 4.69) is 0 Å². The SMILES string of the molecule is Cc1cc(C(N)Cc2ccccc2Cl)ccc1Cl. The molecule has 2 rings (SSSR count). The highest BCUT2D eigenvalue weighted by molar-refractivity contribution is 6.31. The summed E-state index contributed by atoms with van der Waals surface area (Å²) >= 11 is 12.1. The van der Waals surface area contributed by atoms with Crippen molar-refractivity contribution in [3.8, 4) is 0 Å². The van der Waals surface area contributed by atoms with Crippen molar-refractivity contribution in [3.63, 3.8) is 0 Å². The molecule has 0 spiro atoms. The molecule has 0 fully saturated rings. The van der Waals surface area contributed by atoms with Crippen molar-refractivity contribution in [2.24, 2.45) is 5.73 Å². The van der Waals surface area contributed by atoms with Gasteiger partial charge in [-0.25, -0.2) is 0 Å². The van der Waals surface area contributed by atoms with E-state index in [0.29, 0.717) is 0 Å². The second kappa shape index (κ2) is 5.75. The van der Waals surface area contributed by atoms with Crippen molar-refractivity contribution < 1.29 is 0 Å². The van der Waals surface area contributed by atoms with E-state index in [9.17, 15) is 0 Å². The Morgan fingerprint density at radius 1 is 1.06 bits per heavy atom. The quantitative estimate of drug-likeness (QED) is 0.877. The molecule has 0 aromatic heterocycles. The van der Waals surface area contributed by atoms with Gasteiger partial charge in [0.1, 0.15) is 0 Å².